The lowest BCUT2D eigenvalue weighted by Crippen LogP contribution is -2.28. The highest BCUT2D eigenvalue weighted by molar-refractivity contribution is 5.50. The Balaban J connectivity index is 2.68. The Morgan fingerprint density at radius 2 is 1.82 bits per heavy atom. The van der Waals surface area contributed by atoms with E-state index in [0.717, 1.165) is 19.6 Å². The molecule has 0 atom stereocenters. The van der Waals surface area contributed by atoms with Crippen molar-refractivity contribution in [3.63, 3.8) is 0 Å². The second-order valence-corrected chi connectivity index (χ2v) is 4.87. The zero-order valence-corrected chi connectivity index (χ0v) is 11.7. The van der Waals surface area contributed by atoms with E-state index >= 15 is 0 Å². The van der Waals surface area contributed by atoms with Crippen LogP contribution in [-0.2, 0) is 6.54 Å². The van der Waals surface area contributed by atoms with Crippen LogP contribution in [0, 0.1) is 6.92 Å². The Morgan fingerprint density at radius 3 is 2.35 bits per heavy atom. The second-order valence-electron chi connectivity index (χ2n) is 4.87. The number of rotatable bonds is 6. The maximum atomic E-state index is 3.19. The van der Waals surface area contributed by atoms with E-state index in [1.165, 1.54) is 16.8 Å². The third-order valence-corrected chi connectivity index (χ3v) is 3.02. The number of likely N-dealkylation sites (N-methyl/N-ethyl adjacent to an activating group) is 2. The predicted octanol–water partition coefficient (Wildman–Crippen LogP) is 1.71. The molecule has 0 saturated heterocycles. The molecule has 17 heavy (non-hydrogen) atoms. The third-order valence-electron chi connectivity index (χ3n) is 3.02. The smallest absolute Gasteiger partial charge is 0.0366 e. The van der Waals surface area contributed by atoms with Crippen LogP contribution in [0.4, 0.5) is 5.69 Å². The minimum atomic E-state index is 0.938. The SMILES string of the molecule is CNCc1ccc(N(C)CCN(C)C)cc1C. The summed E-state index contributed by atoms with van der Waals surface area (Å²) in [5.74, 6) is 0. The first-order valence-electron chi connectivity index (χ1n) is 6.14. The zero-order chi connectivity index (χ0) is 12.8. The van der Waals surface area contributed by atoms with Crippen molar-refractivity contribution in [2.45, 2.75) is 13.5 Å². The summed E-state index contributed by atoms with van der Waals surface area (Å²) in [5, 5.41) is 3.19. The van der Waals surface area contributed by atoms with Gasteiger partial charge in [0, 0.05) is 32.4 Å². The molecule has 1 N–H and O–H groups in total. The van der Waals surface area contributed by atoms with E-state index in [-0.39, 0.29) is 0 Å². The van der Waals surface area contributed by atoms with E-state index in [1.54, 1.807) is 0 Å². The number of aryl methyl sites for hydroxylation is 1. The van der Waals surface area contributed by atoms with Gasteiger partial charge in [-0.15, -0.1) is 0 Å². The molecule has 3 nitrogen and oxygen atoms in total. The van der Waals surface area contributed by atoms with Crippen LogP contribution in [-0.4, -0.2) is 46.2 Å². The maximum absolute atomic E-state index is 3.19. The van der Waals surface area contributed by atoms with Gasteiger partial charge in [0.1, 0.15) is 0 Å². The van der Waals surface area contributed by atoms with Gasteiger partial charge in [0.25, 0.3) is 0 Å². The van der Waals surface area contributed by atoms with Gasteiger partial charge in [0.2, 0.25) is 0 Å². The second kappa shape index (κ2) is 6.62. The molecule has 0 radical (unpaired) electrons. The summed E-state index contributed by atoms with van der Waals surface area (Å²) < 4.78 is 0. The molecule has 0 aromatic heterocycles. The third kappa shape index (κ3) is 4.36. The number of hydrogen-bond acceptors (Lipinski definition) is 3. The minimum absolute atomic E-state index is 0.938. The van der Waals surface area contributed by atoms with Crippen LogP contribution in [0.3, 0.4) is 0 Å². The molecule has 96 valence electrons. The van der Waals surface area contributed by atoms with E-state index in [1.807, 2.05) is 7.05 Å². The molecule has 1 aromatic rings. The van der Waals surface area contributed by atoms with E-state index < -0.39 is 0 Å². The summed E-state index contributed by atoms with van der Waals surface area (Å²) in [7, 11) is 8.34. The van der Waals surface area contributed by atoms with Gasteiger partial charge < -0.3 is 15.1 Å². The molecule has 0 aliphatic heterocycles. The van der Waals surface area contributed by atoms with Gasteiger partial charge in [0.05, 0.1) is 0 Å². The maximum Gasteiger partial charge on any atom is 0.0366 e. The zero-order valence-electron chi connectivity index (χ0n) is 11.7. The molecule has 0 aliphatic rings. The molecule has 0 amide bonds. The summed E-state index contributed by atoms with van der Waals surface area (Å²) in [6, 6.07) is 6.69. The Hall–Kier alpha value is -1.06. The Labute approximate surface area is 105 Å². The average molecular weight is 235 g/mol. The number of benzene rings is 1. The van der Waals surface area contributed by atoms with Gasteiger partial charge in [0.15, 0.2) is 0 Å². The first kappa shape index (κ1) is 14.0. The lowest BCUT2D eigenvalue weighted by atomic mass is 10.1. The fraction of sp³-hybridized carbons (Fsp3) is 0.571. The lowest BCUT2D eigenvalue weighted by Gasteiger charge is -2.22. The van der Waals surface area contributed by atoms with E-state index in [9.17, 15) is 0 Å². The van der Waals surface area contributed by atoms with Crippen LogP contribution in [0.15, 0.2) is 18.2 Å². The van der Waals surface area contributed by atoms with Crippen molar-refractivity contribution in [2.24, 2.45) is 0 Å². The van der Waals surface area contributed by atoms with Crippen LogP contribution in [0.25, 0.3) is 0 Å². The van der Waals surface area contributed by atoms with E-state index in [2.05, 4.69) is 61.4 Å². The highest BCUT2D eigenvalue weighted by atomic mass is 15.1. The normalized spacial score (nSPS) is 10.9. The lowest BCUT2D eigenvalue weighted by molar-refractivity contribution is 0.416. The topological polar surface area (TPSA) is 18.5 Å². The molecule has 0 spiro atoms. The van der Waals surface area contributed by atoms with Crippen molar-refractivity contribution in [1.82, 2.24) is 10.2 Å². The van der Waals surface area contributed by atoms with Gasteiger partial charge in [-0.25, -0.2) is 0 Å². The fourth-order valence-electron chi connectivity index (χ4n) is 1.79. The first-order chi connectivity index (χ1) is 8.04. The molecule has 1 rings (SSSR count). The van der Waals surface area contributed by atoms with Crippen LogP contribution in [0.2, 0.25) is 0 Å². The van der Waals surface area contributed by atoms with Crippen LogP contribution in [0.5, 0.6) is 0 Å². The van der Waals surface area contributed by atoms with Crippen LogP contribution < -0.4 is 10.2 Å². The quantitative estimate of drug-likeness (QED) is 0.810. The Bertz CT molecular complexity index is 347. The Morgan fingerprint density at radius 1 is 1.12 bits per heavy atom. The van der Waals surface area contributed by atoms with Gasteiger partial charge in [-0.1, -0.05) is 6.07 Å². The van der Waals surface area contributed by atoms with Crippen molar-refractivity contribution in [1.29, 1.82) is 0 Å². The molecular formula is C14H25N3. The predicted molar refractivity (Wildman–Crippen MR) is 75.8 cm³/mol. The summed E-state index contributed by atoms with van der Waals surface area (Å²) in [4.78, 5) is 4.51. The highest BCUT2D eigenvalue weighted by Gasteiger charge is 2.04. The van der Waals surface area contributed by atoms with E-state index in [4.69, 9.17) is 0 Å². The largest absolute Gasteiger partial charge is 0.373 e. The Kier molecular flexibility index (Phi) is 5.45. The van der Waals surface area contributed by atoms with Gasteiger partial charge in [-0.3, -0.25) is 0 Å². The highest BCUT2D eigenvalue weighted by Crippen LogP contribution is 2.18. The van der Waals surface area contributed by atoms with Gasteiger partial charge in [-0.2, -0.15) is 0 Å². The van der Waals surface area contributed by atoms with Crippen molar-refractivity contribution in [3.8, 4) is 0 Å². The minimum Gasteiger partial charge on any atom is -0.373 e. The summed E-state index contributed by atoms with van der Waals surface area (Å²) in [6.45, 7) is 5.25. The average Bonchev–Trinajstić information content (AvgIpc) is 2.28. The number of nitrogens with zero attached hydrogens (tertiary/aromatic N) is 2. The van der Waals surface area contributed by atoms with Gasteiger partial charge >= 0.3 is 0 Å². The summed E-state index contributed by atoms with van der Waals surface area (Å²) in [5.41, 5.74) is 4.02. The standard InChI is InChI=1S/C14H25N3/c1-12-10-14(7-6-13(12)11-15-2)17(5)9-8-16(3)4/h6-7,10,15H,8-9,11H2,1-5H3. The van der Waals surface area contributed by atoms with Crippen molar-refractivity contribution in [3.05, 3.63) is 29.3 Å². The molecule has 0 fully saturated rings. The molecule has 3 heteroatoms. The van der Waals surface area contributed by atoms with Crippen molar-refractivity contribution in [2.75, 3.05) is 46.2 Å². The van der Waals surface area contributed by atoms with Crippen LogP contribution in [0.1, 0.15) is 11.1 Å². The fourth-order valence-corrected chi connectivity index (χ4v) is 1.79. The van der Waals surface area contributed by atoms with Crippen molar-refractivity contribution < 1.29 is 0 Å². The van der Waals surface area contributed by atoms with E-state index in [0.29, 0.717) is 0 Å². The molecule has 0 saturated carbocycles. The summed E-state index contributed by atoms with van der Waals surface area (Å²) in [6.07, 6.45) is 0. The van der Waals surface area contributed by atoms with Crippen LogP contribution >= 0.6 is 0 Å². The number of nitrogens with one attached hydrogen (secondary N) is 1. The summed E-state index contributed by atoms with van der Waals surface area (Å²) >= 11 is 0. The molecule has 0 heterocycles. The molecule has 0 aliphatic carbocycles. The molecular weight excluding hydrogens is 210 g/mol. The van der Waals surface area contributed by atoms with Gasteiger partial charge in [-0.05, 0) is 51.3 Å². The molecule has 0 unspecified atom stereocenters. The first-order valence-corrected chi connectivity index (χ1v) is 6.14. The van der Waals surface area contributed by atoms with Crippen molar-refractivity contribution >= 4 is 5.69 Å². The number of hydrogen-bond donors (Lipinski definition) is 1. The number of anilines is 1. The molecule has 0 bridgehead atoms. The monoisotopic (exact) mass is 235 g/mol. The molecule has 1 aromatic carbocycles.